The summed E-state index contributed by atoms with van der Waals surface area (Å²) in [5.74, 6) is 1.17. The highest BCUT2D eigenvalue weighted by molar-refractivity contribution is 14.1. The van der Waals surface area contributed by atoms with Crippen molar-refractivity contribution >= 4 is 38.5 Å². The maximum Gasteiger partial charge on any atom is 0.248 e. The van der Waals surface area contributed by atoms with Gasteiger partial charge in [0.1, 0.15) is 0 Å². The van der Waals surface area contributed by atoms with Crippen LogP contribution >= 0.6 is 38.5 Å². The van der Waals surface area contributed by atoms with Gasteiger partial charge in [0.2, 0.25) is 11.8 Å². The number of nitrogens with one attached hydrogen (secondary N) is 1. The molecule has 0 saturated heterocycles. The molecule has 1 heterocycles. The van der Waals surface area contributed by atoms with Crippen molar-refractivity contribution in [1.29, 1.82) is 0 Å². The summed E-state index contributed by atoms with van der Waals surface area (Å²) in [4.78, 5) is 0. The Labute approximate surface area is 128 Å². The standard InChI is InChI=1S/C12H13BrIN3O/c1-3-15-7(2)11-16-17-12(18-11)9-6-8(13)4-5-10(9)14/h4-7,15H,3H2,1-2H3. The minimum atomic E-state index is 0.0704. The molecule has 2 rings (SSSR count). The Bertz CT molecular complexity index is 544. The zero-order valence-corrected chi connectivity index (χ0v) is 13.8. The number of hydrogen-bond acceptors (Lipinski definition) is 4. The molecule has 6 heteroatoms. The number of rotatable bonds is 4. The fourth-order valence-electron chi connectivity index (χ4n) is 1.57. The van der Waals surface area contributed by atoms with Crippen LogP contribution in [0.15, 0.2) is 27.1 Å². The molecule has 1 aromatic heterocycles. The fourth-order valence-corrected chi connectivity index (χ4v) is 2.50. The predicted octanol–water partition coefficient (Wildman–Crippen LogP) is 3.77. The van der Waals surface area contributed by atoms with Crippen LogP contribution < -0.4 is 5.32 Å². The SMILES string of the molecule is CCNC(C)c1nnc(-c2cc(Br)ccc2I)o1. The number of nitrogens with zero attached hydrogens (tertiary/aromatic N) is 2. The van der Waals surface area contributed by atoms with Crippen LogP contribution in [0.25, 0.3) is 11.5 Å². The van der Waals surface area contributed by atoms with Crippen molar-refractivity contribution in [2.24, 2.45) is 0 Å². The normalized spacial score (nSPS) is 12.7. The first-order valence-electron chi connectivity index (χ1n) is 5.64. The highest BCUT2D eigenvalue weighted by atomic mass is 127. The third-order valence-corrected chi connectivity index (χ3v) is 3.91. The molecule has 0 amide bonds. The molecular weight excluding hydrogens is 409 g/mol. The number of hydrogen-bond donors (Lipinski definition) is 1. The van der Waals surface area contributed by atoms with Crippen LogP contribution in [0.3, 0.4) is 0 Å². The van der Waals surface area contributed by atoms with E-state index in [0.717, 1.165) is 20.2 Å². The van der Waals surface area contributed by atoms with Gasteiger partial charge in [-0.05, 0) is 54.3 Å². The van der Waals surface area contributed by atoms with Gasteiger partial charge < -0.3 is 9.73 Å². The Morgan fingerprint density at radius 1 is 1.44 bits per heavy atom. The van der Waals surface area contributed by atoms with E-state index in [4.69, 9.17) is 4.42 Å². The number of benzene rings is 1. The molecule has 0 aliphatic rings. The summed E-state index contributed by atoms with van der Waals surface area (Å²) < 4.78 is 7.79. The molecule has 96 valence electrons. The second kappa shape index (κ2) is 6.12. The van der Waals surface area contributed by atoms with Crippen molar-refractivity contribution < 1.29 is 4.42 Å². The summed E-state index contributed by atoms with van der Waals surface area (Å²) in [7, 11) is 0. The van der Waals surface area contributed by atoms with Gasteiger partial charge >= 0.3 is 0 Å². The highest BCUT2D eigenvalue weighted by Gasteiger charge is 2.15. The Hall–Kier alpha value is -0.470. The summed E-state index contributed by atoms with van der Waals surface area (Å²) in [5, 5.41) is 11.4. The van der Waals surface area contributed by atoms with Gasteiger partial charge in [0.15, 0.2) is 0 Å². The van der Waals surface area contributed by atoms with Crippen molar-refractivity contribution in [3.63, 3.8) is 0 Å². The second-order valence-electron chi connectivity index (χ2n) is 3.85. The van der Waals surface area contributed by atoms with Crippen LogP contribution in [0.1, 0.15) is 25.8 Å². The van der Waals surface area contributed by atoms with E-state index in [1.165, 1.54) is 0 Å². The van der Waals surface area contributed by atoms with Crippen LogP contribution in [-0.4, -0.2) is 16.7 Å². The maximum atomic E-state index is 5.71. The van der Waals surface area contributed by atoms with Gasteiger partial charge in [-0.1, -0.05) is 22.9 Å². The van der Waals surface area contributed by atoms with E-state index in [0.29, 0.717) is 11.8 Å². The Morgan fingerprint density at radius 3 is 2.94 bits per heavy atom. The van der Waals surface area contributed by atoms with Gasteiger partial charge in [-0.3, -0.25) is 0 Å². The van der Waals surface area contributed by atoms with Crippen LogP contribution in [0.4, 0.5) is 0 Å². The molecule has 1 unspecified atom stereocenters. The summed E-state index contributed by atoms with van der Waals surface area (Å²) >= 11 is 5.71. The first-order valence-corrected chi connectivity index (χ1v) is 7.51. The summed E-state index contributed by atoms with van der Waals surface area (Å²) in [6.07, 6.45) is 0. The molecule has 4 nitrogen and oxygen atoms in total. The van der Waals surface area contributed by atoms with Crippen molar-refractivity contribution in [1.82, 2.24) is 15.5 Å². The molecule has 0 aliphatic carbocycles. The lowest BCUT2D eigenvalue weighted by molar-refractivity contribution is 0.429. The van der Waals surface area contributed by atoms with Crippen molar-refractivity contribution in [2.75, 3.05) is 6.54 Å². The minimum absolute atomic E-state index is 0.0704. The average Bonchev–Trinajstić information content (AvgIpc) is 2.82. The van der Waals surface area contributed by atoms with E-state index in [1.54, 1.807) is 0 Å². The van der Waals surface area contributed by atoms with Gasteiger partial charge in [-0.2, -0.15) is 0 Å². The zero-order valence-electron chi connectivity index (χ0n) is 10.1. The maximum absolute atomic E-state index is 5.71. The summed E-state index contributed by atoms with van der Waals surface area (Å²) in [6, 6.07) is 6.05. The molecule has 0 aliphatic heterocycles. The molecule has 1 atom stereocenters. The topological polar surface area (TPSA) is 51.0 Å². The van der Waals surface area contributed by atoms with Gasteiger partial charge in [0.25, 0.3) is 0 Å². The van der Waals surface area contributed by atoms with E-state index < -0.39 is 0 Å². The van der Waals surface area contributed by atoms with Gasteiger partial charge in [-0.25, -0.2) is 0 Å². The molecule has 0 fully saturated rings. The minimum Gasteiger partial charge on any atom is -0.419 e. The molecule has 18 heavy (non-hydrogen) atoms. The van der Waals surface area contributed by atoms with Crippen LogP contribution in [0.5, 0.6) is 0 Å². The second-order valence-corrected chi connectivity index (χ2v) is 5.93. The Balaban J connectivity index is 2.32. The molecular formula is C12H13BrIN3O. The van der Waals surface area contributed by atoms with Crippen molar-refractivity contribution in [2.45, 2.75) is 19.9 Å². The fraction of sp³-hybridized carbons (Fsp3) is 0.333. The van der Waals surface area contributed by atoms with Crippen molar-refractivity contribution in [3.05, 3.63) is 32.1 Å². The quantitative estimate of drug-likeness (QED) is 0.763. The van der Waals surface area contributed by atoms with Crippen LogP contribution in [-0.2, 0) is 0 Å². The first-order chi connectivity index (χ1) is 8.61. The molecule has 2 aromatic rings. The molecule has 0 saturated carbocycles. The molecule has 1 N–H and O–H groups in total. The smallest absolute Gasteiger partial charge is 0.248 e. The lowest BCUT2D eigenvalue weighted by atomic mass is 10.2. The zero-order chi connectivity index (χ0) is 13.1. The molecule has 1 aromatic carbocycles. The first kappa shape index (κ1) is 14.0. The Morgan fingerprint density at radius 2 is 2.22 bits per heavy atom. The van der Waals surface area contributed by atoms with Crippen LogP contribution in [0, 0.1) is 3.57 Å². The van der Waals surface area contributed by atoms with E-state index in [1.807, 2.05) is 32.0 Å². The molecule has 0 spiro atoms. The highest BCUT2D eigenvalue weighted by Crippen LogP contribution is 2.28. The van der Waals surface area contributed by atoms with Gasteiger partial charge in [0.05, 0.1) is 11.6 Å². The number of aromatic nitrogens is 2. The average molecular weight is 422 g/mol. The van der Waals surface area contributed by atoms with E-state index in [-0.39, 0.29) is 6.04 Å². The van der Waals surface area contributed by atoms with Gasteiger partial charge in [-0.15, -0.1) is 10.2 Å². The van der Waals surface area contributed by atoms with Gasteiger partial charge in [0, 0.05) is 8.04 Å². The van der Waals surface area contributed by atoms with E-state index in [9.17, 15) is 0 Å². The molecule has 0 radical (unpaired) electrons. The third kappa shape index (κ3) is 3.10. The lowest BCUT2D eigenvalue weighted by Crippen LogP contribution is -2.17. The third-order valence-electron chi connectivity index (χ3n) is 2.48. The van der Waals surface area contributed by atoms with E-state index in [2.05, 4.69) is 54.0 Å². The van der Waals surface area contributed by atoms with Crippen molar-refractivity contribution in [3.8, 4) is 11.5 Å². The summed E-state index contributed by atoms with van der Waals surface area (Å²) in [5.41, 5.74) is 0.951. The monoisotopic (exact) mass is 421 g/mol. The Kier molecular flexibility index (Phi) is 4.74. The predicted molar refractivity (Wildman–Crippen MR) is 82.2 cm³/mol. The largest absolute Gasteiger partial charge is 0.419 e. The number of halogens is 2. The lowest BCUT2D eigenvalue weighted by Gasteiger charge is -2.06. The van der Waals surface area contributed by atoms with Crippen LogP contribution in [0.2, 0.25) is 0 Å². The molecule has 0 bridgehead atoms. The van der Waals surface area contributed by atoms with E-state index >= 15 is 0 Å². The summed E-state index contributed by atoms with van der Waals surface area (Å²) in [6.45, 7) is 4.92.